The summed E-state index contributed by atoms with van der Waals surface area (Å²) in [4.78, 5) is 11.4. The minimum atomic E-state index is 0.545. The predicted molar refractivity (Wildman–Crippen MR) is 101 cm³/mol. The van der Waals surface area contributed by atoms with Crippen LogP contribution in [0.3, 0.4) is 0 Å². The van der Waals surface area contributed by atoms with E-state index in [9.17, 15) is 0 Å². The molecule has 0 unspecified atom stereocenters. The van der Waals surface area contributed by atoms with Crippen LogP contribution in [0.4, 0.5) is 23.1 Å². The number of hydrogen-bond donors (Lipinski definition) is 2. The number of anilines is 4. The molecule has 1 saturated carbocycles. The molecule has 2 aliphatic rings. The first kappa shape index (κ1) is 16.1. The van der Waals surface area contributed by atoms with Crippen LogP contribution in [-0.4, -0.2) is 42.3 Å². The minimum absolute atomic E-state index is 0.545. The van der Waals surface area contributed by atoms with Gasteiger partial charge in [0.15, 0.2) is 0 Å². The van der Waals surface area contributed by atoms with Crippen LogP contribution in [0.1, 0.15) is 25.7 Å². The fraction of sp³-hybridized carbons (Fsp3) is 0.474. The van der Waals surface area contributed by atoms with Gasteiger partial charge >= 0.3 is 0 Å². The highest BCUT2D eigenvalue weighted by atomic mass is 16.5. The second-order valence-electron chi connectivity index (χ2n) is 6.63. The van der Waals surface area contributed by atoms with E-state index in [1.54, 1.807) is 0 Å². The Bertz CT molecular complexity index is 696. The molecule has 6 nitrogen and oxygen atoms in total. The lowest BCUT2D eigenvalue weighted by Crippen LogP contribution is -2.36. The Kier molecular flexibility index (Phi) is 4.97. The summed E-state index contributed by atoms with van der Waals surface area (Å²) in [6.45, 7) is 3.35. The molecule has 132 valence electrons. The van der Waals surface area contributed by atoms with E-state index in [4.69, 9.17) is 4.74 Å². The molecule has 6 heteroatoms. The molecule has 2 N–H and O–H groups in total. The zero-order chi connectivity index (χ0) is 16.9. The SMILES string of the molecule is c1ccc(N2CCOCC2)c(Nc2nccc(NC3CCCC3)n2)c1. The fourth-order valence-corrected chi connectivity index (χ4v) is 3.56. The van der Waals surface area contributed by atoms with E-state index < -0.39 is 0 Å². The Balaban J connectivity index is 1.50. The lowest BCUT2D eigenvalue weighted by atomic mass is 10.2. The third-order valence-corrected chi connectivity index (χ3v) is 4.87. The number of aromatic nitrogens is 2. The lowest BCUT2D eigenvalue weighted by Gasteiger charge is -2.30. The van der Waals surface area contributed by atoms with Gasteiger partial charge in [-0.25, -0.2) is 4.98 Å². The van der Waals surface area contributed by atoms with Gasteiger partial charge in [-0.3, -0.25) is 0 Å². The topological polar surface area (TPSA) is 62.3 Å². The molecule has 1 aromatic carbocycles. The van der Waals surface area contributed by atoms with Crippen molar-refractivity contribution in [2.75, 3.05) is 41.8 Å². The molecule has 2 fully saturated rings. The smallest absolute Gasteiger partial charge is 0.229 e. The minimum Gasteiger partial charge on any atom is -0.378 e. The van der Waals surface area contributed by atoms with Crippen molar-refractivity contribution in [2.45, 2.75) is 31.7 Å². The van der Waals surface area contributed by atoms with Crippen LogP contribution in [0.5, 0.6) is 0 Å². The Labute approximate surface area is 148 Å². The van der Waals surface area contributed by atoms with Gasteiger partial charge in [-0.1, -0.05) is 25.0 Å². The van der Waals surface area contributed by atoms with Crippen LogP contribution in [-0.2, 0) is 4.74 Å². The third kappa shape index (κ3) is 4.02. The van der Waals surface area contributed by atoms with E-state index in [1.807, 2.05) is 18.3 Å². The van der Waals surface area contributed by atoms with E-state index in [1.165, 1.54) is 31.4 Å². The first-order valence-electron chi connectivity index (χ1n) is 9.17. The van der Waals surface area contributed by atoms with Gasteiger partial charge in [0, 0.05) is 25.3 Å². The van der Waals surface area contributed by atoms with Crippen LogP contribution in [0.25, 0.3) is 0 Å². The van der Waals surface area contributed by atoms with Gasteiger partial charge in [0.1, 0.15) is 5.82 Å². The first-order chi connectivity index (χ1) is 12.4. The van der Waals surface area contributed by atoms with Gasteiger partial charge in [0.2, 0.25) is 5.95 Å². The molecule has 2 heterocycles. The third-order valence-electron chi connectivity index (χ3n) is 4.87. The standard InChI is InChI=1S/C19H25N5O/c1-2-6-15(5-1)21-18-9-10-20-19(23-18)22-16-7-3-4-8-17(16)24-11-13-25-14-12-24/h3-4,7-10,15H,1-2,5-6,11-14H2,(H2,20,21,22,23). The average molecular weight is 339 g/mol. The van der Waals surface area contributed by atoms with Crippen LogP contribution in [0.15, 0.2) is 36.5 Å². The molecule has 0 atom stereocenters. The summed E-state index contributed by atoms with van der Waals surface area (Å²) in [6.07, 6.45) is 6.88. The zero-order valence-electron chi connectivity index (χ0n) is 14.4. The average Bonchev–Trinajstić information content (AvgIpc) is 3.16. The maximum Gasteiger partial charge on any atom is 0.229 e. The fourth-order valence-electron chi connectivity index (χ4n) is 3.56. The highest BCUT2D eigenvalue weighted by molar-refractivity contribution is 5.73. The van der Waals surface area contributed by atoms with E-state index in [0.29, 0.717) is 12.0 Å². The second-order valence-corrected chi connectivity index (χ2v) is 6.63. The van der Waals surface area contributed by atoms with Crippen molar-refractivity contribution in [3.8, 4) is 0 Å². The summed E-state index contributed by atoms with van der Waals surface area (Å²) >= 11 is 0. The Morgan fingerprint density at radius 2 is 1.84 bits per heavy atom. The zero-order valence-corrected chi connectivity index (χ0v) is 14.4. The van der Waals surface area contributed by atoms with Crippen molar-refractivity contribution in [3.63, 3.8) is 0 Å². The number of rotatable bonds is 5. The normalized spacial score (nSPS) is 18.3. The predicted octanol–water partition coefficient (Wildman–Crippen LogP) is 3.41. The number of para-hydroxylation sites is 2. The van der Waals surface area contributed by atoms with Gasteiger partial charge in [-0.05, 0) is 31.0 Å². The number of nitrogens with zero attached hydrogens (tertiary/aromatic N) is 3. The van der Waals surface area contributed by atoms with E-state index in [-0.39, 0.29) is 0 Å². The van der Waals surface area contributed by atoms with Crippen molar-refractivity contribution in [3.05, 3.63) is 36.5 Å². The molecule has 0 bridgehead atoms. The number of morpholine rings is 1. The van der Waals surface area contributed by atoms with Crippen LogP contribution in [0, 0.1) is 0 Å². The molecule has 4 rings (SSSR count). The van der Waals surface area contributed by atoms with Crippen LogP contribution in [0.2, 0.25) is 0 Å². The van der Waals surface area contributed by atoms with E-state index in [0.717, 1.165) is 37.8 Å². The highest BCUT2D eigenvalue weighted by Crippen LogP contribution is 2.28. The summed E-state index contributed by atoms with van der Waals surface area (Å²) in [6, 6.07) is 10.8. The maximum absolute atomic E-state index is 5.46. The Hall–Kier alpha value is -2.34. The molecule has 0 amide bonds. The van der Waals surface area contributed by atoms with E-state index in [2.05, 4.69) is 43.7 Å². The van der Waals surface area contributed by atoms with Gasteiger partial charge in [-0.2, -0.15) is 4.98 Å². The summed E-state index contributed by atoms with van der Waals surface area (Å²) in [7, 11) is 0. The van der Waals surface area contributed by atoms with Crippen molar-refractivity contribution in [1.82, 2.24) is 9.97 Å². The molecule has 0 radical (unpaired) electrons. The first-order valence-corrected chi connectivity index (χ1v) is 9.17. The monoisotopic (exact) mass is 339 g/mol. The highest BCUT2D eigenvalue weighted by Gasteiger charge is 2.17. The van der Waals surface area contributed by atoms with Crippen molar-refractivity contribution in [1.29, 1.82) is 0 Å². The Morgan fingerprint density at radius 3 is 2.68 bits per heavy atom. The van der Waals surface area contributed by atoms with Gasteiger partial charge < -0.3 is 20.3 Å². The largest absolute Gasteiger partial charge is 0.378 e. The maximum atomic E-state index is 5.46. The summed E-state index contributed by atoms with van der Waals surface area (Å²) in [5.74, 6) is 1.52. The molecule has 1 aliphatic carbocycles. The molecular formula is C19H25N5O. The number of benzene rings is 1. The second kappa shape index (κ2) is 7.70. The van der Waals surface area contributed by atoms with Crippen LogP contribution < -0.4 is 15.5 Å². The molecule has 2 aromatic rings. The summed E-state index contributed by atoms with van der Waals surface area (Å²) in [5.41, 5.74) is 2.20. The van der Waals surface area contributed by atoms with Gasteiger partial charge in [0.05, 0.1) is 24.6 Å². The molecule has 0 spiro atoms. The van der Waals surface area contributed by atoms with Crippen molar-refractivity contribution in [2.24, 2.45) is 0 Å². The molecule has 1 saturated heterocycles. The lowest BCUT2D eigenvalue weighted by molar-refractivity contribution is 0.123. The number of ether oxygens (including phenoxy) is 1. The Morgan fingerprint density at radius 1 is 1.04 bits per heavy atom. The van der Waals surface area contributed by atoms with E-state index >= 15 is 0 Å². The van der Waals surface area contributed by atoms with Crippen molar-refractivity contribution < 1.29 is 4.74 Å². The summed E-state index contributed by atoms with van der Waals surface area (Å²) in [5, 5.41) is 6.92. The van der Waals surface area contributed by atoms with Crippen molar-refractivity contribution >= 4 is 23.1 Å². The molecule has 25 heavy (non-hydrogen) atoms. The van der Waals surface area contributed by atoms with Crippen LogP contribution >= 0.6 is 0 Å². The quantitative estimate of drug-likeness (QED) is 0.870. The number of nitrogens with one attached hydrogen (secondary N) is 2. The number of hydrogen-bond acceptors (Lipinski definition) is 6. The van der Waals surface area contributed by atoms with Gasteiger partial charge in [0.25, 0.3) is 0 Å². The molecule has 1 aliphatic heterocycles. The summed E-state index contributed by atoms with van der Waals surface area (Å²) < 4.78 is 5.46. The molecule has 1 aromatic heterocycles. The van der Waals surface area contributed by atoms with Gasteiger partial charge in [-0.15, -0.1) is 0 Å². The molecular weight excluding hydrogens is 314 g/mol.